The van der Waals surface area contributed by atoms with E-state index in [0.29, 0.717) is 11.4 Å². The lowest BCUT2D eigenvalue weighted by molar-refractivity contribution is -0.112. The quantitative estimate of drug-likeness (QED) is 0.487. The van der Waals surface area contributed by atoms with E-state index in [-0.39, 0.29) is 5.71 Å². The Bertz CT molecular complexity index is 399. The molecule has 0 heterocycles. The minimum atomic E-state index is -1.01. The molecular formula is C10H13N3O2. The molecule has 0 aliphatic heterocycles. The lowest BCUT2D eigenvalue weighted by atomic mass is 10.2. The summed E-state index contributed by atoms with van der Waals surface area (Å²) in [4.78, 5) is 14.9. The number of primary amides is 1. The van der Waals surface area contributed by atoms with E-state index in [9.17, 15) is 9.90 Å². The molecule has 0 saturated heterocycles. The molecule has 5 heteroatoms. The summed E-state index contributed by atoms with van der Waals surface area (Å²) in [6, 6.07) is 6.77. The van der Waals surface area contributed by atoms with Crippen LogP contribution in [-0.2, 0) is 4.79 Å². The van der Waals surface area contributed by atoms with Crippen molar-refractivity contribution in [1.29, 1.82) is 0 Å². The number of rotatable bonds is 3. The van der Waals surface area contributed by atoms with Gasteiger partial charge in [-0.3, -0.25) is 4.79 Å². The number of aliphatic hydroxyl groups excluding tert-OH is 1. The first-order chi connectivity index (χ1) is 7.02. The van der Waals surface area contributed by atoms with Crippen LogP contribution in [0.2, 0.25) is 0 Å². The Morgan fingerprint density at radius 3 is 2.53 bits per heavy atom. The SMILES string of the molecule is CC(O)C(=Nc1ccccc1N)C(N)=O. The summed E-state index contributed by atoms with van der Waals surface area (Å²) in [5, 5.41) is 9.26. The van der Waals surface area contributed by atoms with Crippen LogP contribution in [0.4, 0.5) is 11.4 Å². The van der Waals surface area contributed by atoms with Gasteiger partial charge in [0.15, 0.2) is 0 Å². The van der Waals surface area contributed by atoms with Gasteiger partial charge in [-0.25, -0.2) is 4.99 Å². The molecule has 0 saturated carbocycles. The fraction of sp³-hybridized carbons (Fsp3) is 0.200. The van der Waals surface area contributed by atoms with Crippen LogP contribution in [0.1, 0.15) is 6.92 Å². The van der Waals surface area contributed by atoms with Crippen molar-refractivity contribution in [1.82, 2.24) is 0 Å². The molecule has 1 rings (SSSR count). The molecule has 1 aromatic rings. The first-order valence-corrected chi connectivity index (χ1v) is 4.43. The molecule has 1 aromatic carbocycles. The lowest BCUT2D eigenvalue weighted by Crippen LogP contribution is -2.32. The predicted octanol–water partition coefficient (Wildman–Crippen LogP) is 0.207. The first-order valence-electron chi connectivity index (χ1n) is 4.43. The van der Waals surface area contributed by atoms with Gasteiger partial charge < -0.3 is 16.6 Å². The number of carbonyl (C=O) groups excluding carboxylic acids is 1. The van der Waals surface area contributed by atoms with E-state index in [1.165, 1.54) is 6.92 Å². The number of benzene rings is 1. The van der Waals surface area contributed by atoms with Gasteiger partial charge in [0.25, 0.3) is 5.91 Å². The van der Waals surface area contributed by atoms with Gasteiger partial charge in [-0.1, -0.05) is 12.1 Å². The lowest BCUT2D eigenvalue weighted by Gasteiger charge is -2.06. The van der Waals surface area contributed by atoms with E-state index in [1.807, 2.05) is 0 Å². The number of amides is 1. The van der Waals surface area contributed by atoms with Crippen LogP contribution in [-0.4, -0.2) is 22.8 Å². The van der Waals surface area contributed by atoms with Crippen molar-refractivity contribution >= 4 is 23.0 Å². The Morgan fingerprint density at radius 1 is 1.47 bits per heavy atom. The van der Waals surface area contributed by atoms with Crippen LogP contribution in [0.15, 0.2) is 29.3 Å². The summed E-state index contributed by atoms with van der Waals surface area (Å²) < 4.78 is 0. The Kier molecular flexibility index (Phi) is 3.41. The van der Waals surface area contributed by atoms with Crippen molar-refractivity contribution in [3.05, 3.63) is 24.3 Å². The number of hydrogen-bond donors (Lipinski definition) is 3. The van der Waals surface area contributed by atoms with Crippen LogP contribution in [0.25, 0.3) is 0 Å². The topological polar surface area (TPSA) is 102 Å². The maximum absolute atomic E-state index is 10.9. The van der Waals surface area contributed by atoms with Crippen molar-refractivity contribution in [3.8, 4) is 0 Å². The Morgan fingerprint density at radius 2 is 2.07 bits per heavy atom. The second-order valence-electron chi connectivity index (χ2n) is 3.10. The second-order valence-corrected chi connectivity index (χ2v) is 3.10. The van der Waals surface area contributed by atoms with Gasteiger partial charge in [0.05, 0.1) is 17.5 Å². The van der Waals surface area contributed by atoms with Gasteiger partial charge >= 0.3 is 0 Å². The van der Waals surface area contributed by atoms with Gasteiger partial charge in [-0.05, 0) is 19.1 Å². The van der Waals surface area contributed by atoms with E-state index >= 15 is 0 Å². The third kappa shape index (κ3) is 2.78. The number of nitrogens with two attached hydrogens (primary N) is 2. The van der Waals surface area contributed by atoms with E-state index in [2.05, 4.69) is 4.99 Å². The van der Waals surface area contributed by atoms with Crippen molar-refractivity contribution in [2.24, 2.45) is 10.7 Å². The van der Waals surface area contributed by atoms with Gasteiger partial charge in [-0.2, -0.15) is 0 Å². The third-order valence-electron chi connectivity index (χ3n) is 1.83. The minimum Gasteiger partial charge on any atom is -0.397 e. The summed E-state index contributed by atoms with van der Waals surface area (Å²) >= 11 is 0. The van der Waals surface area contributed by atoms with Crippen molar-refractivity contribution in [2.45, 2.75) is 13.0 Å². The molecule has 1 atom stereocenters. The number of nitrogens with zero attached hydrogens (tertiary/aromatic N) is 1. The zero-order valence-corrected chi connectivity index (χ0v) is 8.34. The Hall–Kier alpha value is -1.88. The van der Waals surface area contributed by atoms with Crippen molar-refractivity contribution in [2.75, 3.05) is 5.73 Å². The normalized spacial score (nSPS) is 13.6. The second kappa shape index (κ2) is 4.56. The molecule has 0 aromatic heterocycles. The van der Waals surface area contributed by atoms with E-state index in [1.54, 1.807) is 24.3 Å². The molecule has 15 heavy (non-hydrogen) atoms. The van der Waals surface area contributed by atoms with Crippen LogP contribution >= 0.6 is 0 Å². The molecule has 1 unspecified atom stereocenters. The number of aliphatic imine (C=N–C) groups is 1. The van der Waals surface area contributed by atoms with Crippen LogP contribution in [0.5, 0.6) is 0 Å². The monoisotopic (exact) mass is 207 g/mol. The summed E-state index contributed by atoms with van der Waals surface area (Å²) in [6.45, 7) is 1.42. The highest BCUT2D eigenvalue weighted by molar-refractivity contribution is 6.40. The number of hydrogen-bond acceptors (Lipinski definition) is 4. The zero-order valence-electron chi connectivity index (χ0n) is 8.34. The molecule has 0 fully saturated rings. The van der Waals surface area contributed by atoms with Gasteiger partial charge in [0.2, 0.25) is 0 Å². The maximum atomic E-state index is 10.9. The molecule has 1 amide bonds. The summed E-state index contributed by atoms with van der Waals surface area (Å²) in [7, 11) is 0. The van der Waals surface area contributed by atoms with E-state index in [4.69, 9.17) is 11.5 Å². The highest BCUT2D eigenvalue weighted by Crippen LogP contribution is 2.20. The standard InChI is InChI=1S/C10H13N3O2/c1-6(14)9(10(12)15)13-8-5-3-2-4-7(8)11/h2-6,14H,11H2,1H3,(H2,12,15). The summed E-state index contributed by atoms with van der Waals surface area (Å²) in [5.41, 5.74) is 11.4. The fourth-order valence-corrected chi connectivity index (χ4v) is 1.07. The van der Waals surface area contributed by atoms with Crippen molar-refractivity contribution in [3.63, 3.8) is 0 Å². The van der Waals surface area contributed by atoms with Gasteiger partial charge in [0.1, 0.15) is 5.71 Å². The Labute approximate surface area is 87.4 Å². The number of nitrogen functional groups attached to an aromatic ring is 1. The molecule has 0 radical (unpaired) electrons. The third-order valence-corrected chi connectivity index (χ3v) is 1.83. The van der Waals surface area contributed by atoms with Crippen molar-refractivity contribution < 1.29 is 9.90 Å². The van der Waals surface area contributed by atoms with Crippen LogP contribution in [0, 0.1) is 0 Å². The highest BCUT2D eigenvalue weighted by Gasteiger charge is 2.13. The summed E-state index contributed by atoms with van der Waals surface area (Å²) in [6.07, 6.45) is -1.01. The number of carbonyl (C=O) groups is 1. The van der Waals surface area contributed by atoms with E-state index < -0.39 is 12.0 Å². The molecule has 0 spiro atoms. The maximum Gasteiger partial charge on any atom is 0.265 e. The molecular weight excluding hydrogens is 194 g/mol. The van der Waals surface area contributed by atoms with Gasteiger partial charge in [0, 0.05) is 0 Å². The summed E-state index contributed by atoms with van der Waals surface area (Å²) in [5.74, 6) is -0.756. The average molecular weight is 207 g/mol. The first kappa shape index (κ1) is 11.2. The smallest absolute Gasteiger partial charge is 0.265 e. The molecule has 0 bridgehead atoms. The average Bonchev–Trinajstić information content (AvgIpc) is 2.15. The minimum absolute atomic E-state index is 0.104. The fourth-order valence-electron chi connectivity index (χ4n) is 1.07. The number of para-hydroxylation sites is 2. The molecule has 0 aliphatic rings. The zero-order chi connectivity index (χ0) is 11.4. The molecule has 0 aliphatic carbocycles. The predicted molar refractivity (Wildman–Crippen MR) is 58.8 cm³/mol. The Balaban J connectivity index is 3.14. The number of anilines is 1. The molecule has 80 valence electrons. The largest absolute Gasteiger partial charge is 0.397 e. The molecule has 5 N–H and O–H groups in total. The van der Waals surface area contributed by atoms with Crippen LogP contribution < -0.4 is 11.5 Å². The van der Waals surface area contributed by atoms with Gasteiger partial charge in [-0.15, -0.1) is 0 Å². The van der Waals surface area contributed by atoms with E-state index in [0.717, 1.165) is 0 Å². The molecule has 5 nitrogen and oxygen atoms in total. The highest BCUT2D eigenvalue weighted by atomic mass is 16.3. The number of aliphatic hydroxyl groups is 1. The van der Waals surface area contributed by atoms with Crippen LogP contribution in [0.3, 0.4) is 0 Å².